The monoisotopic (exact) mass is 1060 g/mol. The van der Waals surface area contributed by atoms with Gasteiger partial charge in [0.1, 0.15) is 13.2 Å². The van der Waals surface area contributed by atoms with Crippen LogP contribution >= 0.6 is 0 Å². The molecule has 0 aliphatic carbocycles. The van der Waals surface area contributed by atoms with Crippen molar-refractivity contribution in [2.45, 2.75) is 271 Å². The first-order valence-corrected chi connectivity index (χ1v) is 31.3. The first kappa shape index (κ1) is 72.3. The van der Waals surface area contributed by atoms with Crippen molar-refractivity contribution in [3.63, 3.8) is 0 Å². The van der Waals surface area contributed by atoms with E-state index in [0.29, 0.717) is 12.8 Å². The summed E-state index contributed by atoms with van der Waals surface area (Å²) < 4.78 is 16.9. The number of allylic oxidation sites excluding steroid dienone is 24. The van der Waals surface area contributed by atoms with E-state index in [1.54, 1.807) is 0 Å². The lowest BCUT2D eigenvalue weighted by Crippen LogP contribution is -2.30. The minimum Gasteiger partial charge on any atom is -0.462 e. The zero-order chi connectivity index (χ0) is 55.7. The van der Waals surface area contributed by atoms with Crippen molar-refractivity contribution in [3.05, 3.63) is 146 Å². The maximum Gasteiger partial charge on any atom is 0.306 e. The average Bonchev–Trinajstić information content (AvgIpc) is 3.43. The zero-order valence-electron chi connectivity index (χ0n) is 49.7. The smallest absolute Gasteiger partial charge is 0.306 e. The summed E-state index contributed by atoms with van der Waals surface area (Å²) in [4.78, 5) is 38.3. The highest BCUT2D eigenvalue weighted by Gasteiger charge is 2.19. The number of hydrogen-bond acceptors (Lipinski definition) is 6. The molecule has 0 saturated carbocycles. The lowest BCUT2D eigenvalue weighted by molar-refractivity contribution is -0.167. The maximum absolute atomic E-state index is 12.9. The molecule has 0 fully saturated rings. The van der Waals surface area contributed by atoms with Crippen LogP contribution in [0.5, 0.6) is 0 Å². The summed E-state index contributed by atoms with van der Waals surface area (Å²) in [5.41, 5.74) is 0. The van der Waals surface area contributed by atoms with Gasteiger partial charge in [-0.15, -0.1) is 0 Å². The van der Waals surface area contributed by atoms with E-state index in [4.69, 9.17) is 14.2 Å². The molecule has 1 unspecified atom stereocenters. The van der Waals surface area contributed by atoms with Crippen molar-refractivity contribution >= 4 is 17.9 Å². The number of hydrogen-bond donors (Lipinski definition) is 0. The van der Waals surface area contributed by atoms with Crippen LogP contribution in [0.2, 0.25) is 0 Å². The molecule has 0 spiro atoms. The lowest BCUT2D eigenvalue weighted by atomic mass is 10.1. The van der Waals surface area contributed by atoms with Crippen LogP contribution in [0.3, 0.4) is 0 Å². The van der Waals surface area contributed by atoms with Gasteiger partial charge in [0.2, 0.25) is 0 Å². The number of carbonyl (C=O) groups excluding carboxylic acids is 3. The van der Waals surface area contributed by atoms with Gasteiger partial charge in [-0.2, -0.15) is 0 Å². The highest BCUT2D eigenvalue weighted by Crippen LogP contribution is 2.14. The predicted octanol–water partition coefficient (Wildman–Crippen LogP) is 21.5. The Morgan fingerprint density at radius 1 is 0.273 bits per heavy atom. The van der Waals surface area contributed by atoms with Gasteiger partial charge in [-0.1, -0.05) is 250 Å². The van der Waals surface area contributed by atoms with E-state index < -0.39 is 6.10 Å². The molecule has 434 valence electrons. The molecule has 0 radical (unpaired) electrons. The fraction of sp³-hybridized carbons (Fsp3) is 0.620. The Kier molecular flexibility index (Phi) is 59.9. The molecule has 0 aromatic heterocycles. The Labute approximate surface area is 474 Å². The molecule has 0 bridgehead atoms. The summed E-state index contributed by atoms with van der Waals surface area (Å²) in [5.74, 6) is -0.950. The van der Waals surface area contributed by atoms with Crippen LogP contribution < -0.4 is 0 Å². The van der Waals surface area contributed by atoms with Crippen molar-refractivity contribution in [1.82, 2.24) is 0 Å². The second-order valence-corrected chi connectivity index (χ2v) is 20.2. The van der Waals surface area contributed by atoms with E-state index >= 15 is 0 Å². The predicted molar refractivity (Wildman–Crippen MR) is 334 cm³/mol. The summed E-state index contributed by atoms with van der Waals surface area (Å²) in [6, 6.07) is 0. The first-order valence-electron chi connectivity index (χ1n) is 31.3. The van der Waals surface area contributed by atoms with Crippen LogP contribution in [0.4, 0.5) is 0 Å². The topological polar surface area (TPSA) is 78.9 Å². The van der Waals surface area contributed by atoms with Gasteiger partial charge < -0.3 is 14.2 Å². The van der Waals surface area contributed by atoms with Gasteiger partial charge in [0.05, 0.1) is 0 Å². The van der Waals surface area contributed by atoms with Crippen molar-refractivity contribution in [1.29, 1.82) is 0 Å². The van der Waals surface area contributed by atoms with Crippen LogP contribution in [-0.4, -0.2) is 37.2 Å². The van der Waals surface area contributed by atoms with E-state index in [1.165, 1.54) is 64.2 Å². The number of rotatable bonds is 55. The molecule has 1 atom stereocenters. The molecule has 0 heterocycles. The van der Waals surface area contributed by atoms with Gasteiger partial charge in [-0.25, -0.2) is 0 Å². The zero-order valence-corrected chi connectivity index (χ0v) is 49.7. The molecular formula is C71H114O6. The van der Waals surface area contributed by atoms with Gasteiger partial charge in [0, 0.05) is 19.3 Å². The number of carbonyl (C=O) groups is 3. The summed E-state index contributed by atoms with van der Waals surface area (Å²) in [7, 11) is 0. The molecule has 0 amide bonds. The number of ether oxygens (including phenoxy) is 3. The third-order valence-electron chi connectivity index (χ3n) is 12.8. The fourth-order valence-electron chi connectivity index (χ4n) is 8.17. The fourth-order valence-corrected chi connectivity index (χ4v) is 8.17. The SMILES string of the molecule is CC/C=C\C/C=C\C/C=C\C/C=C\C/C=C\C/C=C\CCCCCCCCC(=O)OCC(COC(=O)CCCCCCCCC/C=C\C/C=C\CCCCC)OC(=O)CCCCCC/C=C\C/C=C\C/C=C\C/C=C\CC. The standard InChI is InChI=1S/C71H114O6/c1-4-7-10-13-16-19-22-25-28-31-32-33-34-35-36-37-38-41-43-46-49-52-55-58-61-64-70(73)76-67-68(77-71(74)65-62-59-56-53-50-47-44-40-30-27-24-21-18-15-12-9-6-3)66-75-69(72)63-60-57-54-51-48-45-42-39-29-26-23-20-17-14-11-8-5-2/h7,9-10,12,16-21,25-30,32-33,35-36,38,41,44,47,68H,4-6,8,11,13-15,22-24,31,34,37,39-40,42-43,45-46,48-67H2,1-3H3/b10-7-,12-9-,19-16-,20-17-,21-18-,28-25-,29-26-,30-27-,33-32-,36-35-,41-38-,47-44-. The molecule has 77 heavy (non-hydrogen) atoms. The molecule has 6 nitrogen and oxygen atoms in total. The molecule has 6 heteroatoms. The van der Waals surface area contributed by atoms with Crippen LogP contribution in [0.15, 0.2) is 146 Å². The van der Waals surface area contributed by atoms with E-state index in [2.05, 4.69) is 167 Å². The van der Waals surface area contributed by atoms with Crippen LogP contribution in [-0.2, 0) is 28.6 Å². The molecule has 0 aliphatic heterocycles. The second-order valence-electron chi connectivity index (χ2n) is 20.2. The van der Waals surface area contributed by atoms with E-state index in [-0.39, 0.29) is 37.5 Å². The minimum atomic E-state index is -0.809. The summed E-state index contributed by atoms with van der Waals surface area (Å²) in [5, 5.41) is 0. The largest absolute Gasteiger partial charge is 0.462 e. The van der Waals surface area contributed by atoms with Crippen molar-refractivity contribution in [2.75, 3.05) is 13.2 Å². The Bertz CT molecular complexity index is 1700. The van der Waals surface area contributed by atoms with Gasteiger partial charge in [-0.3, -0.25) is 14.4 Å². The Morgan fingerprint density at radius 3 is 0.792 bits per heavy atom. The van der Waals surface area contributed by atoms with Gasteiger partial charge in [0.25, 0.3) is 0 Å². The molecule has 0 rings (SSSR count). The first-order chi connectivity index (χ1) is 38.0. The van der Waals surface area contributed by atoms with Crippen molar-refractivity contribution < 1.29 is 28.6 Å². The van der Waals surface area contributed by atoms with Gasteiger partial charge in [0.15, 0.2) is 6.10 Å². The lowest BCUT2D eigenvalue weighted by Gasteiger charge is -2.18. The van der Waals surface area contributed by atoms with Crippen LogP contribution in [0.1, 0.15) is 265 Å². The Morgan fingerprint density at radius 2 is 0.506 bits per heavy atom. The molecule has 0 N–H and O–H groups in total. The Hall–Kier alpha value is -4.71. The summed E-state index contributed by atoms with van der Waals surface area (Å²) in [6.45, 7) is 6.35. The van der Waals surface area contributed by atoms with Crippen LogP contribution in [0, 0.1) is 0 Å². The normalized spacial score (nSPS) is 13.1. The summed E-state index contributed by atoms with van der Waals surface area (Å²) >= 11 is 0. The maximum atomic E-state index is 12.9. The molecule has 0 aromatic rings. The van der Waals surface area contributed by atoms with Gasteiger partial charge in [-0.05, 0) is 141 Å². The molecular weight excluding hydrogens is 949 g/mol. The van der Waals surface area contributed by atoms with Crippen molar-refractivity contribution in [3.8, 4) is 0 Å². The number of esters is 3. The van der Waals surface area contributed by atoms with Gasteiger partial charge >= 0.3 is 17.9 Å². The molecule has 0 saturated heterocycles. The van der Waals surface area contributed by atoms with E-state index in [1.807, 2.05) is 0 Å². The second kappa shape index (κ2) is 63.8. The van der Waals surface area contributed by atoms with E-state index in [9.17, 15) is 14.4 Å². The van der Waals surface area contributed by atoms with E-state index in [0.717, 1.165) is 161 Å². The quantitative estimate of drug-likeness (QED) is 0.0261. The third kappa shape index (κ3) is 62.0. The number of unbranched alkanes of at least 4 members (excludes halogenated alkanes) is 20. The average molecular weight is 1060 g/mol. The Balaban J connectivity index is 4.47. The highest BCUT2D eigenvalue weighted by atomic mass is 16.6. The van der Waals surface area contributed by atoms with Crippen molar-refractivity contribution in [2.24, 2.45) is 0 Å². The highest BCUT2D eigenvalue weighted by molar-refractivity contribution is 5.71. The van der Waals surface area contributed by atoms with Crippen LogP contribution in [0.25, 0.3) is 0 Å². The summed E-state index contributed by atoms with van der Waals surface area (Å²) in [6.07, 6.45) is 91.2. The third-order valence-corrected chi connectivity index (χ3v) is 12.8. The molecule has 0 aromatic carbocycles. The molecule has 0 aliphatic rings. The minimum absolute atomic E-state index is 0.102.